The van der Waals surface area contributed by atoms with Gasteiger partial charge in [0.25, 0.3) is 0 Å². The van der Waals surface area contributed by atoms with Gasteiger partial charge in [-0.25, -0.2) is 4.79 Å². The van der Waals surface area contributed by atoms with Crippen molar-refractivity contribution in [2.45, 2.75) is 20.3 Å². The zero-order valence-corrected chi connectivity index (χ0v) is 10.0. The molecular formula is C13H15NO3. The number of hydrogen-bond acceptors (Lipinski definition) is 4. The lowest BCUT2D eigenvalue weighted by Crippen LogP contribution is -2.09. The van der Waals surface area contributed by atoms with Crippen molar-refractivity contribution in [3.05, 3.63) is 29.3 Å². The van der Waals surface area contributed by atoms with Crippen LogP contribution in [0.25, 0.3) is 0 Å². The lowest BCUT2D eigenvalue weighted by atomic mass is 10.0. The lowest BCUT2D eigenvalue weighted by Gasteiger charge is -2.11. The van der Waals surface area contributed by atoms with Gasteiger partial charge in [-0.1, -0.05) is 6.07 Å². The van der Waals surface area contributed by atoms with Crippen molar-refractivity contribution in [2.75, 3.05) is 13.2 Å². The van der Waals surface area contributed by atoms with Gasteiger partial charge in [-0.05, 0) is 26.0 Å². The van der Waals surface area contributed by atoms with E-state index in [1.807, 2.05) is 13.0 Å². The smallest absolute Gasteiger partial charge is 0.338 e. The Hall–Kier alpha value is -2.02. The highest BCUT2D eigenvalue weighted by Gasteiger charge is 2.16. The van der Waals surface area contributed by atoms with Crippen molar-refractivity contribution in [3.63, 3.8) is 0 Å². The number of esters is 1. The van der Waals surface area contributed by atoms with Crippen LogP contribution in [0.4, 0.5) is 0 Å². The molecule has 0 radical (unpaired) electrons. The predicted molar refractivity (Wildman–Crippen MR) is 62.9 cm³/mol. The summed E-state index contributed by atoms with van der Waals surface area (Å²) in [5, 5.41) is 8.79. The quantitative estimate of drug-likeness (QED) is 0.732. The Labute approximate surface area is 101 Å². The van der Waals surface area contributed by atoms with Crippen LogP contribution in [-0.2, 0) is 11.2 Å². The zero-order valence-electron chi connectivity index (χ0n) is 10.0. The van der Waals surface area contributed by atoms with E-state index in [0.29, 0.717) is 30.1 Å². The molecule has 4 heteroatoms. The van der Waals surface area contributed by atoms with Crippen LogP contribution in [0, 0.1) is 11.3 Å². The summed E-state index contributed by atoms with van der Waals surface area (Å²) >= 11 is 0. The molecule has 0 atom stereocenters. The molecule has 0 aromatic heterocycles. The van der Waals surface area contributed by atoms with Crippen molar-refractivity contribution in [2.24, 2.45) is 0 Å². The van der Waals surface area contributed by atoms with Crippen LogP contribution in [0.3, 0.4) is 0 Å². The Kier molecular flexibility index (Phi) is 5.02. The fourth-order valence-corrected chi connectivity index (χ4v) is 1.52. The van der Waals surface area contributed by atoms with Crippen LogP contribution >= 0.6 is 0 Å². The molecular weight excluding hydrogens is 218 g/mol. The Morgan fingerprint density at radius 3 is 2.71 bits per heavy atom. The third-order valence-corrected chi connectivity index (χ3v) is 2.18. The molecule has 0 N–H and O–H groups in total. The summed E-state index contributed by atoms with van der Waals surface area (Å²) in [6.07, 6.45) is 0.129. The average molecular weight is 233 g/mol. The van der Waals surface area contributed by atoms with Gasteiger partial charge in [-0.15, -0.1) is 0 Å². The van der Waals surface area contributed by atoms with Crippen molar-refractivity contribution in [1.29, 1.82) is 5.26 Å². The van der Waals surface area contributed by atoms with E-state index in [1.165, 1.54) is 0 Å². The van der Waals surface area contributed by atoms with E-state index in [1.54, 1.807) is 25.1 Å². The molecule has 0 spiro atoms. The van der Waals surface area contributed by atoms with Gasteiger partial charge >= 0.3 is 5.97 Å². The van der Waals surface area contributed by atoms with Crippen LogP contribution in [0.1, 0.15) is 29.8 Å². The van der Waals surface area contributed by atoms with Crippen molar-refractivity contribution in [3.8, 4) is 11.8 Å². The Morgan fingerprint density at radius 2 is 2.12 bits per heavy atom. The van der Waals surface area contributed by atoms with Gasteiger partial charge in [0.05, 0.1) is 31.3 Å². The van der Waals surface area contributed by atoms with Crippen LogP contribution < -0.4 is 4.74 Å². The van der Waals surface area contributed by atoms with Gasteiger partial charge in [-0.3, -0.25) is 0 Å². The molecule has 0 saturated heterocycles. The first kappa shape index (κ1) is 13.0. The number of benzene rings is 1. The predicted octanol–water partition coefficient (Wildman–Crippen LogP) is 2.33. The maximum atomic E-state index is 11.7. The average Bonchev–Trinajstić information content (AvgIpc) is 2.32. The summed E-state index contributed by atoms with van der Waals surface area (Å²) in [6.45, 7) is 4.40. The summed E-state index contributed by atoms with van der Waals surface area (Å²) in [7, 11) is 0. The Bertz CT molecular complexity index is 435. The number of nitrogens with zero attached hydrogens (tertiary/aromatic N) is 1. The number of carbonyl (C=O) groups is 1. The molecule has 0 amide bonds. The molecule has 0 aliphatic carbocycles. The highest BCUT2D eigenvalue weighted by atomic mass is 16.5. The molecule has 0 fully saturated rings. The maximum absolute atomic E-state index is 11.7. The molecule has 0 bridgehead atoms. The Balaban J connectivity index is 3.15. The first-order valence-electron chi connectivity index (χ1n) is 5.53. The van der Waals surface area contributed by atoms with Crippen molar-refractivity contribution >= 4 is 5.97 Å². The van der Waals surface area contributed by atoms with E-state index in [4.69, 9.17) is 14.7 Å². The number of ether oxygens (including phenoxy) is 2. The van der Waals surface area contributed by atoms with E-state index in [0.717, 1.165) is 0 Å². The molecule has 4 nitrogen and oxygen atoms in total. The molecule has 1 aromatic carbocycles. The van der Waals surface area contributed by atoms with E-state index < -0.39 is 5.97 Å². The molecule has 0 aliphatic rings. The van der Waals surface area contributed by atoms with Crippen LogP contribution in [0.15, 0.2) is 18.2 Å². The van der Waals surface area contributed by atoms with Crippen LogP contribution in [0.5, 0.6) is 5.75 Å². The van der Waals surface area contributed by atoms with Gasteiger partial charge < -0.3 is 9.47 Å². The molecule has 0 unspecified atom stereocenters. The second kappa shape index (κ2) is 6.54. The van der Waals surface area contributed by atoms with E-state index in [-0.39, 0.29) is 6.42 Å². The molecule has 0 saturated carbocycles. The van der Waals surface area contributed by atoms with Gasteiger partial charge in [-0.2, -0.15) is 5.26 Å². The topological polar surface area (TPSA) is 59.3 Å². The first-order valence-corrected chi connectivity index (χ1v) is 5.53. The third-order valence-electron chi connectivity index (χ3n) is 2.18. The molecule has 0 heterocycles. The van der Waals surface area contributed by atoms with E-state index in [9.17, 15) is 4.79 Å². The minimum absolute atomic E-state index is 0.129. The number of hydrogen-bond donors (Lipinski definition) is 0. The van der Waals surface area contributed by atoms with Crippen molar-refractivity contribution < 1.29 is 14.3 Å². The summed E-state index contributed by atoms with van der Waals surface area (Å²) in [5.74, 6) is 0.152. The highest BCUT2D eigenvalue weighted by molar-refractivity contribution is 5.92. The zero-order chi connectivity index (χ0) is 12.7. The fourth-order valence-electron chi connectivity index (χ4n) is 1.52. The third kappa shape index (κ3) is 3.22. The summed E-state index contributed by atoms with van der Waals surface area (Å²) < 4.78 is 10.3. The number of carbonyl (C=O) groups excluding carboxylic acids is 1. The summed E-state index contributed by atoms with van der Waals surface area (Å²) in [6, 6.07) is 7.15. The minimum atomic E-state index is -0.417. The molecule has 1 rings (SSSR count). The number of nitriles is 1. The fraction of sp³-hybridized carbons (Fsp3) is 0.385. The monoisotopic (exact) mass is 233 g/mol. The lowest BCUT2D eigenvalue weighted by molar-refractivity contribution is 0.0524. The summed E-state index contributed by atoms with van der Waals surface area (Å²) in [5.41, 5.74) is 0.995. The molecule has 1 aromatic rings. The van der Waals surface area contributed by atoms with E-state index >= 15 is 0 Å². The van der Waals surface area contributed by atoms with Gasteiger partial charge in [0, 0.05) is 5.56 Å². The van der Waals surface area contributed by atoms with Gasteiger partial charge in [0.1, 0.15) is 5.75 Å². The molecule has 17 heavy (non-hydrogen) atoms. The maximum Gasteiger partial charge on any atom is 0.338 e. The SMILES string of the molecule is CCOC(=O)c1cccc(OCC)c1CC#N. The van der Waals surface area contributed by atoms with Crippen LogP contribution in [0.2, 0.25) is 0 Å². The van der Waals surface area contributed by atoms with E-state index in [2.05, 4.69) is 0 Å². The van der Waals surface area contributed by atoms with Gasteiger partial charge in [0.2, 0.25) is 0 Å². The second-order valence-corrected chi connectivity index (χ2v) is 3.27. The Morgan fingerprint density at radius 1 is 1.35 bits per heavy atom. The standard InChI is InChI=1S/C13H15NO3/c1-3-16-12-7-5-6-11(10(12)8-9-14)13(15)17-4-2/h5-7H,3-4,8H2,1-2H3. The number of rotatable bonds is 5. The minimum Gasteiger partial charge on any atom is -0.494 e. The molecule has 90 valence electrons. The largest absolute Gasteiger partial charge is 0.494 e. The molecule has 0 aliphatic heterocycles. The normalized spacial score (nSPS) is 9.47. The highest BCUT2D eigenvalue weighted by Crippen LogP contribution is 2.23. The van der Waals surface area contributed by atoms with Gasteiger partial charge in [0.15, 0.2) is 0 Å². The summed E-state index contributed by atoms with van der Waals surface area (Å²) in [4.78, 5) is 11.7. The van der Waals surface area contributed by atoms with Crippen molar-refractivity contribution in [1.82, 2.24) is 0 Å². The first-order chi connectivity index (χ1) is 8.24. The van der Waals surface area contributed by atoms with Crippen LogP contribution in [-0.4, -0.2) is 19.2 Å². The second-order valence-electron chi connectivity index (χ2n) is 3.27.